The Morgan fingerprint density at radius 1 is 1.20 bits per heavy atom. The Balaban J connectivity index is 1.23. The molecule has 1 amide bonds. The van der Waals surface area contributed by atoms with Crippen LogP contribution in [-0.2, 0) is 22.6 Å². The monoisotopic (exact) mass is 564 g/mol. The minimum Gasteiger partial charge on any atom is -0.479 e. The molecule has 10 heteroatoms. The molecule has 0 radical (unpaired) electrons. The van der Waals surface area contributed by atoms with E-state index in [9.17, 15) is 4.79 Å². The Morgan fingerprint density at radius 3 is 2.54 bits per heavy atom. The summed E-state index contributed by atoms with van der Waals surface area (Å²) < 4.78 is 5.77. The SMILES string of the molecule is C=C1NC2=C(NCC(OCCCC)=NC2=N)N1Cc1ccc(CN2CCC(CCNC(=O)C(C)(C)NC)CC2)cc1. The number of benzene rings is 1. The summed E-state index contributed by atoms with van der Waals surface area (Å²) in [6, 6.07) is 8.79. The van der Waals surface area contributed by atoms with Crippen LogP contribution in [0.3, 0.4) is 0 Å². The summed E-state index contributed by atoms with van der Waals surface area (Å²) in [7, 11) is 1.82. The summed E-state index contributed by atoms with van der Waals surface area (Å²) in [4.78, 5) is 21.2. The molecular formula is C31H48N8O2. The Kier molecular flexibility index (Phi) is 10.4. The van der Waals surface area contributed by atoms with E-state index in [-0.39, 0.29) is 11.7 Å². The van der Waals surface area contributed by atoms with Crippen molar-refractivity contribution in [3.63, 3.8) is 0 Å². The quantitative estimate of drug-likeness (QED) is 0.248. The van der Waals surface area contributed by atoms with Crippen LogP contribution in [0.4, 0.5) is 0 Å². The molecule has 1 fully saturated rings. The third-order valence-corrected chi connectivity index (χ3v) is 8.26. The highest BCUT2D eigenvalue weighted by Crippen LogP contribution is 2.26. The predicted molar refractivity (Wildman–Crippen MR) is 164 cm³/mol. The van der Waals surface area contributed by atoms with E-state index in [1.807, 2.05) is 20.9 Å². The minimum atomic E-state index is -0.531. The molecule has 4 rings (SSSR count). The number of amidine groups is 1. The highest BCUT2D eigenvalue weighted by Gasteiger charge is 2.31. The minimum absolute atomic E-state index is 0.0592. The third kappa shape index (κ3) is 8.10. The van der Waals surface area contributed by atoms with Crippen LogP contribution in [0.2, 0.25) is 0 Å². The van der Waals surface area contributed by atoms with Gasteiger partial charge in [0.2, 0.25) is 11.8 Å². The van der Waals surface area contributed by atoms with E-state index in [0.29, 0.717) is 37.2 Å². The van der Waals surface area contributed by atoms with Crippen molar-refractivity contribution in [2.45, 2.75) is 71.5 Å². The number of piperidine rings is 1. The number of hydrogen-bond donors (Lipinski definition) is 5. The lowest BCUT2D eigenvalue weighted by atomic mass is 9.93. The molecule has 10 nitrogen and oxygen atoms in total. The standard InChI is InChI=1S/C31H48N8O2/c1-6-7-18-41-26-19-35-29-27(28(32)37-26)36-22(2)39(29)21-25-10-8-24(9-11-25)20-38-16-13-23(14-17-38)12-15-34-30(40)31(3,4)33-5/h8-11,23,32-33,35-36H,2,6-7,12-21H2,1,3-5H3,(H,34,40). The van der Waals surface area contributed by atoms with E-state index < -0.39 is 5.54 Å². The Morgan fingerprint density at radius 2 is 1.88 bits per heavy atom. The first-order valence-corrected chi connectivity index (χ1v) is 15.0. The number of rotatable bonds is 12. The van der Waals surface area contributed by atoms with E-state index in [4.69, 9.17) is 10.1 Å². The van der Waals surface area contributed by atoms with Crippen molar-refractivity contribution in [2.75, 3.05) is 39.8 Å². The molecule has 0 unspecified atom stereocenters. The van der Waals surface area contributed by atoms with Gasteiger partial charge in [-0.3, -0.25) is 15.1 Å². The highest BCUT2D eigenvalue weighted by molar-refractivity contribution is 6.05. The van der Waals surface area contributed by atoms with Crippen molar-refractivity contribution in [1.29, 1.82) is 5.41 Å². The maximum absolute atomic E-state index is 12.3. The first kappa shape index (κ1) is 30.6. The van der Waals surface area contributed by atoms with Gasteiger partial charge >= 0.3 is 0 Å². The molecule has 0 atom stereocenters. The predicted octanol–water partition coefficient (Wildman–Crippen LogP) is 3.24. The average Bonchev–Trinajstić information content (AvgIpc) is 3.19. The molecule has 0 aliphatic carbocycles. The van der Waals surface area contributed by atoms with Crippen LogP contribution in [-0.4, -0.2) is 72.8 Å². The lowest BCUT2D eigenvalue weighted by molar-refractivity contribution is -0.126. The van der Waals surface area contributed by atoms with Crippen LogP contribution in [0, 0.1) is 11.3 Å². The van der Waals surface area contributed by atoms with Crippen molar-refractivity contribution < 1.29 is 9.53 Å². The number of hydrogen-bond acceptors (Lipinski definition) is 8. The Labute approximate surface area is 245 Å². The fourth-order valence-corrected chi connectivity index (χ4v) is 5.22. The summed E-state index contributed by atoms with van der Waals surface area (Å²) >= 11 is 0. The van der Waals surface area contributed by atoms with Crippen molar-refractivity contribution in [1.82, 2.24) is 31.1 Å². The molecule has 41 heavy (non-hydrogen) atoms. The summed E-state index contributed by atoms with van der Waals surface area (Å²) in [6.07, 6.45) is 5.39. The number of unbranched alkanes of at least 4 members (excludes halogenated alkanes) is 1. The molecule has 3 heterocycles. The van der Waals surface area contributed by atoms with E-state index in [1.165, 1.54) is 24.0 Å². The molecule has 1 aromatic carbocycles. The summed E-state index contributed by atoms with van der Waals surface area (Å²) in [5.74, 6) is 2.96. The number of ether oxygens (including phenoxy) is 1. The van der Waals surface area contributed by atoms with Crippen LogP contribution in [0.1, 0.15) is 64.0 Å². The van der Waals surface area contributed by atoms with E-state index in [1.54, 1.807) is 0 Å². The molecule has 0 bridgehead atoms. The zero-order valence-electron chi connectivity index (χ0n) is 25.2. The number of carbonyl (C=O) groups is 1. The molecule has 5 N–H and O–H groups in total. The van der Waals surface area contributed by atoms with Crippen molar-refractivity contribution in [3.8, 4) is 0 Å². The van der Waals surface area contributed by atoms with Gasteiger partial charge in [-0.15, -0.1) is 0 Å². The molecule has 0 aromatic heterocycles. The molecule has 3 aliphatic rings. The average molecular weight is 565 g/mol. The normalized spacial score (nSPS) is 18.4. The number of likely N-dealkylation sites (N-methyl/N-ethyl adjacent to an activating group) is 1. The van der Waals surface area contributed by atoms with Gasteiger partial charge in [0, 0.05) is 13.1 Å². The molecular weight excluding hydrogens is 516 g/mol. The second-order valence-corrected chi connectivity index (χ2v) is 11.7. The van der Waals surface area contributed by atoms with E-state index >= 15 is 0 Å². The van der Waals surface area contributed by atoms with Gasteiger partial charge in [0.1, 0.15) is 17.3 Å². The van der Waals surface area contributed by atoms with Gasteiger partial charge in [0.15, 0.2) is 5.84 Å². The number of nitrogens with zero attached hydrogens (tertiary/aromatic N) is 3. The molecule has 3 aliphatic heterocycles. The molecule has 1 aromatic rings. The molecule has 0 spiro atoms. The van der Waals surface area contributed by atoms with E-state index in [2.05, 4.69) is 73.8 Å². The van der Waals surface area contributed by atoms with Gasteiger partial charge in [0.05, 0.1) is 25.2 Å². The van der Waals surface area contributed by atoms with Gasteiger partial charge in [-0.05, 0) is 76.7 Å². The van der Waals surface area contributed by atoms with Crippen LogP contribution in [0.5, 0.6) is 0 Å². The number of carbonyl (C=O) groups excluding carboxylic acids is 1. The summed E-state index contributed by atoms with van der Waals surface area (Å²) in [6.45, 7) is 15.6. The highest BCUT2D eigenvalue weighted by atomic mass is 16.5. The fourth-order valence-electron chi connectivity index (χ4n) is 5.22. The molecule has 1 saturated heterocycles. The first-order chi connectivity index (χ1) is 19.7. The number of likely N-dealkylation sites (tertiary alicyclic amines) is 1. The maximum atomic E-state index is 12.3. The van der Waals surface area contributed by atoms with Crippen LogP contribution in [0.25, 0.3) is 0 Å². The molecule has 224 valence electrons. The smallest absolute Gasteiger partial charge is 0.239 e. The lowest BCUT2D eigenvalue weighted by Crippen LogP contribution is -2.51. The molecule has 0 saturated carbocycles. The van der Waals surface area contributed by atoms with Crippen LogP contribution >= 0.6 is 0 Å². The fraction of sp³-hybridized carbons (Fsp3) is 0.581. The van der Waals surface area contributed by atoms with Crippen LogP contribution < -0.4 is 21.3 Å². The van der Waals surface area contributed by atoms with Gasteiger partial charge in [-0.2, -0.15) is 4.99 Å². The summed E-state index contributed by atoms with van der Waals surface area (Å²) in [5, 5.41) is 21.2. The number of amides is 1. The summed E-state index contributed by atoms with van der Waals surface area (Å²) in [5.41, 5.74) is 2.58. The van der Waals surface area contributed by atoms with Gasteiger partial charge < -0.3 is 30.9 Å². The Bertz CT molecular complexity index is 1150. The number of nitrogens with one attached hydrogen (secondary N) is 5. The second-order valence-electron chi connectivity index (χ2n) is 11.7. The third-order valence-electron chi connectivity index (χ3n) is 8.26. The van der Waals surface area contributed by atoms with Gasteiger partial charge in [-0.25, -0.2) is 0 Å². The van der Waals surface area contributed by atoms with Crippen molar-refractivity contribution in [2.24, 2.45) is 10.9 Å². The van der Waals surface area contributed by atoms with Gasteiger partial charge in [0.25, 0.3) is 0 Å². The zero-order chi connectivity index (χ0) is 29.4. The number of aliphatic imine (C=N–C) groups is 1. The van der Waals surface area contributed by atoms with E-state index in [0.717, 1.165) is 57.1 Å². The van der Waals surface area contributed by atoms with Crippen molar-refractivity contribution >= 4 is 17.6 Å². The Hall–Kier alpha value is -3.37. The largest absolute Gasteiger partial charge is 0.479 e. The zero-order valence-corrected chi connectivity index (χ0v) is 25.2. The second kappa shape index (κ2) is 14.0. The maximum Gasteiger partial charge on any atom is 0.239 e. The van der Waals surface area contributed by atoms with Gasteiger partial charge in [-0.1, -0.05) is 44.2 Å². The lowest BCUT2D eigenvalue weighted by Gasteiger charge is -2.32. The van der Waals surface area contributed by atoms with Crippen LogP contribution in [0.15, 0.2) is 53.2 Å². The van der Waals surface area contributed by atoms with Crippen molar-refractivity contribution in [3.05, 3.63) is 59.3 Å². The first-order valence-electron chi connectivity index (χ1n) is 15.0. The topological polar surface area (TPSA) is 117 Å².